The summed E-state index contributed by atoms with van der Waals surface area (Å²) in [4.78, 5) is 0.326. The molecule has 0 saturated carbocycles. The van der Waals surface area contributed by atoms with Gasteiger partial charge in [0.1, 0.15) is 4.90 Å². The van der Waals surface area contributed by atoms with Crippen LogP contribution < -0.4 is 5.32 Å². The molecule has 1 aliphatic rings. The monoisotopic (exact) mass is 284 g/mol. The van der Waals surface area contributed by atoms with Crippen LogP contribution in [0.4, 0.5) is 5.69 Å². The molecule has 0 amide bonds. The molecule has 0 radical (unpaired) electrons. The molecule has 0 spiro atoms. The summed E-state index contributed by atoms with van der Waals surface area (Å²) >= 11 is 0. The third kappa shape index (κ3) is 3.08. The molecule has 1 N–H and O–H groups in total. The first-order chi connectivity index (χ1) is 9.05. The van der Waals surface area contributed by atoms with E-state index in [1.807, 2.05) is 13.0 Å². The minimum atomic E-state index is -3.47. The minimum absolute atomic E-state index is 0.0703. The Bertz CT molecular complexity index is 530. The summed E-state index contributed by atoms with van der Waals surface area (Å²) in [6, 6.07) is 6.96. The van der Waals surface area contributed by atoms with Gasteiger partial charge in [-0.25, -0.2) is 8.42 Å². The zero-order valence-corrected chi connectivity index (χ0v) is 12.1. The Kier molecular flexibility index (Phi) is 4.44. The van der Waals surface area contributed by atoms with Crippen molar-refractivity contribution in [2.45, 2.75) is 24.3 Å². The van der Waals surface area contributed by atoms with Gasteiger partial charge in [-0.1, -0.05) is 12.1 Å². The fourth-order valence-corrected chi connectivity index (χ4v) is 3.96. The van der Waals surface area contributed by atoms with Crippen molar-refractivity contribution in [3.05, 3.63) is 24.3 Å². The molecule has 19 heavy (non-hydrogen) atoms. The predicted octanol–water partition coefficient (Wildman–Crippen LogP) is 1.53. The first kappa shape index (κ1) is 14.3. The van der Waals surface area contributed by atoms with Gasteiger partial charge in [0.2, 0.25) is 10.0 Å². The molecule has 6 heteroatoms. The van der Waals surface area contributed by atoms with E-state index in [2.05, 4.69) is 5.32 Å². The molecular weight excluding hydrogens is 264 g/mol. The summed E-state index contributed by atoms with van der Waals surface area (Å²) in [5, 5.41) is 2.93. The van der Waals surface area contributed by atoms with E-state index in [-0.39, 0.29) is 6.10 Å². The zero-order valence-electron chi connectivity index (χ0n) is 11.3. The third-order valence-electron chi connectivity index (χ3n) is 3.19. The standard InChI is InChI=1S/C13H20N2O3S/c1-11-10-15(8-5-9-18-11)19(16,17)13-7-4-3-6-12(13)14-2/h3-4,6-7,11,14H,5,8-10H2,1-2H3. The molecule has 1 fully saturated rings. The van der Waals surface area contributed by atoms with Gasteiger partial charge < -0.3 is 10.1 Å². The summed E-state index contributed by atoms with van der Waals surface area (Å²) in [7, 11) is -1.75. The highest BCUT2D eigenvalue weighted by Crippen LogP contribution is 2.25. The van der Waals surface area contributed by atoms with Crippen molar-refractivity contribution in [2.24, 2.45) is 0 Å². The fourth-order valence-electron chi connectivity index (χ4n) is 2.21. The van der Waals surface area contributed by atoms with Gasteiger partial charge in [-0.15, -0.1) is 0 Å². The quantitative estimate of drug-likeness (QED) is 0.914. The van der Waals surface area contributed by atoms with Crippen molar-refractivity contribution >= 4 is 15.7 Å². The maximum absolute atomic E-state index is 12.7. The maximum Gasteiger partial charge on any atom is 0.245 e. The lowest BCUT2D eigenvalue weighted by Gasteiger charge is -2.22. The SMILES string of the molecule is CNc1ccccc1S(=O)(=O)N1CCCOC(C)C1. The van der Waals surface area contributed by atoms with Crippen LogP contribution in [0.3, 0.4) is 0 Å². The van der Waals surface area contributed by atoms with Crippen LogP contribution in [0.25, 0.3) is 0 Å². The highest BCUT2D eigenvalue weighted by Gasteiger charge is 2.29. The number of anilines is 1. The minimum Gasteiger partial charge on any atom is -0.387 e. The first-order valence-corrected chi connectivity index (χ1v) is 7.88. The van der Waals surface area contributed by atoms with Gasteiger partial charge in [-0.3, -0.25) is 0 Å². The molecule has 1 atom stereocenters. The lowest BCUT2D eigenvalue weighted by Crippen LogP contribution is -2.36. The summed E-state index contributed by atoms with van der Waals surface area (Å²) in [5.41, 5.74) is 0.625. The lowest BCUT2D eigenvalue weighted by atomic mass is 10.3. The van der Waals surface area contributed by atoms with E-state index in [1.54, 1.807) is 25.2 Å². The van der Waals surface area contributed by atoms with Crippen LogP contribution in [0.5, 0.6) is 0 Å². The lowest BCUT2D eigenvalue weighted by molar-refractivity contribution is 0.0752. The van der Waals surface area contributed by atoms with Gasteiger partial charge in [-0.05, 0) is 25.5 Å². The van der Waals surface area contributed by atoms with Crippen molar-refractivity contribution in [1.82, 2.24) is 4.31 Å². The van der Waals surface area contributed by atoms with Crippen LogP contribution in [-0.4, -0.2) is 45.6 Å². The van der Waals surface area contributed by atoms with E-state index in [1.165, 1.54) is 4.31 Å². The Balaban J connectivity index is 2.35. The van der Waals surface area contributed by atoms with Gasteiger partial charge in [0, 0.05) is 26.7 Å². The summed E-state index contributed by atoms with van der Waals surface area (Å²) in [5.74, 6) is 0. The van der Waals surface area contributed by atoms with E-state index in [4.69, 9.17) is 4.74 Å². The second kappa shape index (κ2) is 5.90. The van der Waals surface area contributed by atoms with Crippen LogP contribution in [0.2, 0.25) is 0 Å². The van der Waals surface area contributed by atoms with Gasteiger partial charge in [-0.2, -0.15) is 4.31 Å². The molecule has 1 saturated heterocycles. The molecule has 1 aromatic carbocycles. The van der Waals surface area contributed by atoms with Gasteiger partial charge in [0.15, 0.2) is 0 Å². The average molecular weight is 284 g/mol. The molecule has 0 bridgehead atoms. The normalized spacial score (nSPS) is 21.9. The largest absolute Gasteiger partial charge is 0.387 e. The topological polar surface area (TPSA) is 58.6 Å². The van der Waals surface area contributed by atoms with E-state index < -0.39 is 10.0 Å². The maximum atomic E-state index is 12.7. The number of hydrogen-bond donors (Lipinski definition) is 1. The van der Waals surface area contributed by atoms with Crippen LogP contribution >= 0.6 is 0 Å². The second-order valence-corrected chi connectivity index (χ2v) is 6.55. The number of sulfonamides is 1. The van der Waals surface area contributed by atoms with Crippen molar-refractivity contribution in [3.8, 4) is 0 Å². The van der Waals surface area contributed by atoms with Gasteiger partial charge >= 0.3 is 0 Å². The van der Waals surface area contributed by atoms with E-state index >= 15 is 0 Å². The van der Waals surface area contributed by atoms with E-state index in [0.717, 1.165) is 6.42 Å². The highest BCUT2D eigenvalue weighted by atomic mass is 32.2. The zero-order chi connectivity index (χ0) is 13.9. The predicted molar refractivity (Wildman–Crippen MR) is 74.8 cm³/mol. The van der Waals surface area contributed by atoms with Gasteiger partial charge in [0.05, 0.1) is 11.8 Å². The molecule has 5 nitrogen and oxygen atoms in total. The number of rotatable bonds is 3. The molecule has 1 unspecified atom stereocenters. The van der Waals surface area contributed by atoms with Crippen LogP contribution in [0.15, 0.2) is 29.2 Å². The molecular formula is C13H20N2O3S. The number of nitrogens with one attached hydrogen (secondary N) is 1. The third-order valence-corrected chi connectivity index (χ3v) is 5.11. The Labute approximate surface area is 114 Å². The molecule has 0 aliphatic carbocycles. The molecule has 1 aromatic rings. The van der Waals surface area contributed by atoms with E-state index in [9.17, 15) is 8.42 Å². The Morgan fingerprint density at radius 1 is 1.37 bits per heavy atom. The number of para-hydroxylation sites is 1. The number of nitrogens with zero attached hydrogens (tertiary/aromatic N) is 1. The summed E-state index contributed by atoms with van der Waals surface area (Å²) in [6.07, 6.45) is 0.657. The van der Waals surface area contributed by atoms with Crippen LogP contribution in [0.1, 0.15) is 13.3 Å². The van der Waals surface area contributed by atoms with Crippen LogP contribution in [-0.2, 0) is 14.8 Å². The van der Waals surface area contributed by atoms with Crippen molar-refractivity contribution in [1.29, 1.82) is 0 Å². The first-order valence-electron chi connectivity index (χ1n) is 6.44. The Hall–Kier alpha value is -1.11. The van der Waals surface area contributed by atoms with Crippen molar-refractivity contribution in [3.63, 3.8) is 0 Å². The van der Waals surface area contributed by atoms with Crippen molar-refractivity contribution in [2.75, 3.05) is 32.1 Å². The highest BCUT2D eigenvalue weighted by molar-refractivity contribution is 7.89. The molecule has 1 heterocycles. The second-order valence-electron chi connectivity index (χ2n) is 4.64. The Morgan fingerprint density at radius 2 is 2.11 bits per heavy atom. The molecule has 0 aromatic heterocycles. The summed E-state index contributed by atoms with van der Waals surface area (Å²) in [6.45, 7) is 3.42. The van der Waals surface area contributed by atoms with Crippen molar-refractivity contribution < 1.29 is 13.2 Å². The number of hydrogen-bond acceptors (Lipinski definition) is 4. The Morgan fingerprint density at radius 3 is 2.84 bits per heavy atom. The summed E-state index contributed by atoms with van der Waals surface area (Å²) < 4.78 is 32.4. The molecule has 106 valence electrons. The fraction of sp³-hybridized carbons (Fsp3) is 0.538. The van der Waals surface area contributed by atoms with Crippen LogP contribution in [0, 0.1) is 0 Å². The van der Waals surface area contributed by atoms with E-state index in [0.29, 0.717) is 30.3 Å². The number of ether oxygens (including phenoxy) is 1. The molecule has 2 rings (SSSR count). The molecule has 1 aliphatic heterocycles. The number of benzene rings is 1. The smallest absolute Gasteiger partial charge is 0.245 e. The average Bonchev–Trinajstić information content (AvgIpc) is 2.64. The van der Waals surface area contributed by atoms with Gasteiger partial charge in [0.25, 0.3) is 0 Å².